The molecule has 0 saturated heterocycles. The van der Waals surface area contributed by atoms with Gasteiger partial charge in [0.15, 0.2) is 0 Å². The molecule has 3 aromatic rings. The summed E-state index contributed by atoms with van der Waals surface area (Å²) in [5.74, 6) is -0.906. The Kier molecular flexibility index (Phi) is 6.03. The Balaban J connectivity index is 1.82. The summed E-state index contributed by atoms with van der Waals surface area (Å²) in [6.07, 6.45) is 0.313. The van der Waals surface area contributed by atoms with Crippen molar-refractivity contribution in [2.75, 3.05) is 6.61 Å². The summed E-state index contributed by atoms with van der Waals surface area (Å²) in [7, 11) is 0. The third kappa shape index (κ3) is 4.54. The van der Waals surface area contributed by atoms with E-state index in [0.29, 0.717) is 17.5 Å². The van der Waals surface area contributed by atoms with Crippen LogP contribution in [0.2, 0.25) is 0 Å². The van der Waals surface area contributed by atoms with Crippen LogP contribution in [0.4, 0.5) is 0 Å². The van der Waals surface area contributed by atoms with Gasteiger partial charge in [-0.3, -0.25) is 4.79 Å². The molecular formula is C23H20N2O3. The molecule has 0 aliphatic rings. The highest BCUT2D eigenvalue weighted by atomic mass is 16.5. The number of hydrogen-bond acceptors (Lipinski definition) is 4. The molecular weight excluding hydrogens is 352 g/mol. The van der Waals surface area contributed by atoms with Gasteiger partial charge >= 0.3 is 5.97 Å². The Bertz CT molecular complexity index is 1050. The van der Waals surface area contributed by atoms with E-state index in [-0.39, 0.29) is 6.61 Å². The number of hydrogen-bond donors (Lipinski definition) is 1. The number of carbonyl (C=O) groups excluding carboxylic acids is 2. The zero-order valence-electron chi connectivity index (χ0n) is 15.5. The monoisotopic (exact) mass is 372 g/mol. The highest BCUT2D eigenvalue weighted by Gasteiger charge is 2.23. The van der Waals surface area contributed by atoms with Crippen LogP contribution in [0.1, 0.15) is 28.4 Å². The number of esters is 1. The van der Waals surface area contributed by atoms with E-state index in [2.05, 4.69) is 5.32 Å². The number of ether oxygens (including phenoxy) is 1. The van der Waals surface area contributed by atoms with Gasteiger partial charge in [0.2, 0.25) is 0 Å². The molecule has 0 fully saturated rings. The van der Waals surface area contributed by atoms with Crippen molar-refractivity contribution in [1.29, 1.82) is 5.26 Å². The van der Waals surface area contributed by atoms with Crippen LogP contribution in [0.25, 0.3) is 10.8 Å². The lowest BCUT2D eigenvalue weighted by Crippen LogP contribution is -2.43. The molecule has 0 aliphatic heterocycles. The topological polar surface area (TPSA) is 79.2 Å². The number of rotatable bonds is 6. The molecule has 0 radical (unpaired) electrons. The van der Waals surface area contributed by atoms with Crippen molar-refractivity contribution >= 4 is 22.6 Å². The second kappa shape index (κ2) is 8.83. The minimum Gasteiger partial charge on any atom is -0.464 e. The first-order valence-corrected chi connectivity index (χ1v) is 9.06. The van der Waals surface area contributed by atoms with E-state index < -0.39 is 17.9 Å². The molecule has 28 heavy (non-hydrogen) atoms. The Labute approximate surface area is 163 Å². The van der Waals surface area contributed by atoms with E-state index in [1.54, 1.807) is 25.1 Å². The lowest BCUT2D eigenvalue weighted by molar-refractivity contribution is -0.145. The van der Waals surface area contributed by atoms with Crippen LogP contribution in [0.3, 0.4) is 0 Å². The lowest BCUT2D eigenvalue weighted by atomic mass is 10.0. The van der Waals surface area contributed by atoms with Crippen LogP contribution in [-0.2, 0) is 16.0 Å². The van der Waals surface area contributed by atoms with Gasteiger partial charge < -0.3 is 10.1 Å². The Morgan fingerprint density at radius 2 is 1.82 bits per heavy atom. The SMILES string of the molecule is CCOC(=O)[C@@H](Cc1ccc2ccccc2c1)NC(=O)c1cccc(C#N)c1. The maximum absolute atomic E-state index is 12.6. The maximum Gasteiger partial charge on any atom is 0.328 e. The molecule has 5 heteroatoms. The zero-order valence-corrected chi connectivity index (χ0v) is 15.5. The lowest BCUT2D eigenvalue weighted by Gasteiger charge is -2.18. The Morgan fingerprint density at radius 1 is 1.04 bits per heavy atom. The molecule has 0 spiro atoms. The van der Waals surface area contributed by atoms with Gasteiger partial charge in [-0.25, -0.2) is 4.79 Å². The molecule has 0 aromatic heterocycles. The Hall–Kier alpha value is -3.65. The third-order valence-electron chi connectivity index (χ3n) is 4.38. The largest absolute Gasteiger partial charge is 0.464 e. The first kappa shape index (κ1) is 19.1. The van der Waals surface area contributed by atoms with E-state index >= 15 is 0 Å². The van der Waals surface area contributed by atoms with Gasteiger partial charge in [-0.05, 0) is 41.5 Å². The molecule has 1 atom stereocenters. The average molecular weight is 372 g/mol. The quantitative estimate of drug-likeness (QED) is 0.670. The molecule has 3 rings (SSSR count). The highest BCUT2D eigenvalue weighted by molar-refractivity contribution is 5.97. The molecule has 0 bridgehead atoms. The van der Waals surface area contributed by atoms with Gasteiger partial charge in [0, 0.05) is 12.0 Å². The standard InChI is InChI=1S/C23H20N2O3/c1-2-28-23(27)21(25-22(26)20-9-5-6-17(13-20)15-24)14-16-10-11-18-7-3-4-8-19(18)12-16/h3-13,21H,2,14H2,1H3,(H,25,26)/t21-/m1/s1. The van der Waals surface area contributed by atoms with Crippen LogP contribution in [0.15, 0.2) is 66.7 Å². The molecule has 0 aliphatic carbocycles. The molecule has 0 unspecified atom stereocenters. The average Bonchev–Trinajstić information content (AvgIpc) is 2.73. The number of benzene rings is 3. The minimum absolute atomic E-state index is 0.229. The number of amides is 1. The van der Waals surface area contributed by atoms with Gasteiger partial charge in [-0.2, -0.15) is 5.26 Å². The number of nitrogens with one attached hydrogen (secondary N) is 1. The maximum atomic E-state index is 12.6. The fraction of sp³-hybridized carbons (Fsp3) is 0.174. The fourth-order valence-corrected chi connectivity index (χ4v) is 3.01. The summed E-state index contributed by atoms with van der Waals surface area (Å²) in [6, 6.07) is 21.4. The fourth-order valence-electron chi connectivity index (χ4n) is 3.01. The van der Waals surface area contributed by atoms with E-state index in [0.717, 1.165) is 16.3 Å². The van der Waals surface area contributed by atoms with Crippen molar-refractivity contribution in [3.05, 3.63) is 83.4 Å². The van der Waals surface area contributed by atoms with Crippen LogP contribution in [-0.4, -0.2) is 24.5 Å². The van der Waals surface area contributed by atoms with Gasteiger partial charge in [-0.1, -0.05) is 48.5 Å². The van der Waals surface area contributed by atoms with Crippen LogP contribution >= 0.6 is 0 Å². The predicted molar refractivity (Wildman–Crippen MR) is 107 cm³/mol. The van der Waals surface area contributed by atoms with Crippen LogP contribution in [0, 0.1) is 11.3 Å². The van der Waals surface area contributed by atoms with Crippen LogP contribution in [0.5, 0.6) is 0 Å². The minimum atomic E-state index is -0.820. The second-order valence-electron chi connectivity index (χ2n) is 6.36. The number of fused-ring (bicyclic) bond motifs is 1. The molecule has 1 N–H and O–H groups in total. The number of carbonyl (C=O) groups is 2. The Morgan fingerprint density at radius 3 is 2.57 bits per heavy atom. The van der Waals surface area contributed by atoms with Crippen molar-refractivity contribution in [3.8, 4) is 6.07 Å². The molecule has 0 heterocycles. The first-order chi connectivity index (χ1) is 13.6. The van der Waals surface area contributed by atoms with E-state index in [9.17, 15) is 9.59 Å². The third-order valence-corrected chi connectivity index (χ3v) is 4.38. The first-order valence-electron chi connectivity index (χ1n) is 9.06. The normalized spacial score (nSPS) is 11.4. The van der Waals surface area contributed by atoms with Gasteiger partial charge in [0.05, 0.1) is 18.2 Å². The smallest absolute Gasteiger partial charge is 0.328 e. The summed E-state index contributed by atoms with van der Waals surface area (Å²) in [4.78, 5) is 25.0. The number of nitriles is 1. The summed E-state index contributed by atoms with van der Waals surface area (Å²) in [5.41, 5.74) is 1.63. The molecule has 0 saturated carbocycles. The second-order valence-corrected chi connectivity index (χ2v) is 6.36. The van der Waals surface area contributed by atoms with E-state index in [1.807, 2.05) is 48.5 Å². The van der Waals surface area contributed by atoms with Crippen molar-refractivity contribution in [2.45, 2.75) is 19.4 Å². The predicted octanol–water partition coefficient (Wildman–Crippen LogP) is 3.62. The van der Waals surface area contributed by atoms with E-state index in [4.69, 9.17) is 10.00 Å². The molecule has 5 nitrogen and oxygen atoms in total. The molecule has 140 valence electrons. The number of nitrogens with zero attached hydrogens (tertiary/aromatic N) is 1. The van der Waals surface area contributed by atoms with Gasteiger partial charge in [0.25, 0.3) is 5.91 Å². The highest BCUT2D eigenvalue weighted by Crippen LogP contribution is 2.17. The van der Waals surface area contributed by atoms with Crippen molar-refractivity contribution in [1.82, 2.24) is 5.32 Å². The van der Waals surface area contributed by atoms with Crippen molar-refractivity contribution < 1.29 is 14.3 Å². The summed E-state index contributed by atoms with van der Waals surface area (Å²) < 4.78 is 5.14. The summed E-state index contributed by atoms with van der Waals surface area (Å²) in [5, 5.41) is 13.9. The van der Waals surface area contributed by atoms with Gasteiger partial charge in [0.1, 0.15) is 6.04 Å². The summed E-state index contributed by atoms with van der Waals surface area (Å²) in [6.45, 7) is 1.95. The van der Waals surface area contributed by atoms with Crippen molar-refractivity contribution in [2.24, 2.45) is 0 Å². The summed E-state index contributed by atoms with van der Waals surface area (Å²) >= 11 is 0. The van der Waals surface area contributed by atoms with Gasteiger partial charge in [-0.15, -0.1) is 0 Å². The van der Waals surface area contributed by atoms with E-state index in [1.165, 1.54) is 6.07 Å². The molecule has 3 aromatic carbocycles. The zero-order chi connectivity index (χ0) is 19.9. The van der Waals surface area contributed by atoms with Crippen molar-refractivity contribution in [3.63, 3.8) is 0 Å². The molecule has 1 amide bonds. The van der Waals surface area contributed by atoms with Crippen LogP contribution < -0.4 is 5.32 Å².